The van der Waals surface area contributed by atoms with Crippen molar-refractivity contribution in [3.05, 3.63) is 65.2 Å². The number of benzene rings is 2. The minimum absolute atomic E-state index is 0.0682. The van der Waals surface area contributed by atoms with Crippen molar-refractivity contribution in [1.82, 2.24) is 9.62 Å². The summed E-state index contributed by atoms with van der Waals surface area (Å²) >= 11 is 7.62. The minimum Gasteiger partial charge on any atom is -0.355 e. The van der Waals surface area contributed by atoms with E-state index in [1.165, 1.54) is 22.0 Å². The Morgan fingerprint density at radius 3 is 2.59 bits per heavy atom. The number of carbonyl (C=O) groups is 1. The van der Waals surface area contributed by atoms with Crippen LogP contribution in [0.3, 0.4) is 0 Å². The molecule has 0 spiro atoms. The van der Waals surface area contributed by atoms with Gasteiger partial charge in [-0.3, -0.25) is 4.79 Å². The van der Waals surface area contributed by atoms with E-state index in [0.29, 0.717) is 31.0 Å². The van der Waals surface area contributed by atoms with Crippen LogP contribution in [-0.2, 0) is 20.6 Å². The van der Waals surface area contributed by atoms with E-state index in [1.807, 2.05) is 18.2 Å². The van der Waals surface area contributed by atoms with Crippen molar-refractivity contribution in [2.75, 3.05) is 25.4 Å². The van der Waals surface area contributed by atoms with E-state index < -0.39 is 10.0 Å². The predicted octanol–water partition coefficient (Wildman–Crippen LogP) is 3.79. The highest BCUT2D eigenvalue weighted by molar-refractivity contribution is 7.98. The molecule has 0 radical (unpaired) electrons. The molecule has 0 aliphatic carbocycles. The monoisotopic (exact) mass is 452 g/mol. The number of hydrogen-bond donors (Lipinski definition) is 1. The topological polar surface area (TPSA) is 66.5 Å². The van der Waals surface area contributed by atoms with E-state index in [9.17, 15) is 13.2 Å². The molecular weight excluding hydrogens is 428 g/mol. The lowest BCUT2D eigenvalue weighted by Crippen LogP contribution is -2.45. The molecule has 1 atom stereocenters. The van der Waals surface area contributed by atoms with Crippen molar-refractivity contribution in [3.8, 4) is 0 Å². The fraction of sp³-hybridized carbons (Fsp3) is 0.381. The Morgan fingerprint density at radius 1 is 1.14 bits per heavy atom. The Labute approximate surface area is 181 Å². The van der Waals surface area contributed by atoms with Crippen molar-refractivity contribution >= 4 is 39.3 Å². The summed E-state index contributed by atoms with van der Waals surface area (Å²) in [6.07, 6.45) is 1.38. The third-order valence-corrected chi connectivity index (χ3v) is 8.03. The van der Waals surface area contributed by atoms with Gasteiger partial charge in [0, 0.05) is 36.2 Å². The molecule has 1 fully saturated rings. The number of piperidine rings is 1. The summed E-state index contributed by atoms with van der Waals surface area (Å²) in [4.78, 5) is 12.7. The van der Waals surface area contributed by atoms with Gasteiger partial charge in [-0.1, -0.05) is 41.9 Å². The molecule has 0 aromatic heterocycles. The number of thioether (sulfide) groups is 1. The molecule has 1 unspecified atom stereocenters. The summed E-state index contributed by atoms with van der Waals surface area (Å²) < 4.78 is 27.1. The maximum atomic E-state index is 12.8. The van der Waals surface area contributed by atoms with E-state index in [0.717, 1.165) is 11.5 Å². The van der Waals surface area contributed by atoms with E-state index >= 15 is 0 Å². The lowest BCUT2D eigenvalue weighted by Gasteiger charge is -2.31. The molecule has 1 aliphatic heterocycles. The van der Waals surface area contributed by atoms with Crippen LogP contribution in [0.1, 0.15) is 18.4 Å². The van der Waals surface area contributed by atoms with E-state index in [1.54, 1.807) is 23.9 Å². The normalized spacial score (nSPS) is 17.8. The summed E-state index contributed by atoms with van der Waals surface area (Å²) in [7, 11) is -3.61. The molecule has 1 amide bonds. The molecular formula is C21H25ClN2O3S2. The number of halogens is 1. The fourth-order valence-electron chi connectivity index (χ4n) is 3.29. The summed E-state index contributed by atoms with van der Waals surface area (Å²) in [5, 5.41) is 3.45. The molecule has 1 saturated heterocycles. The molecule has 156 valence electrons. The number of nitrogens with one attached hydrogen (secondary N) is 1. The number of sulfonamides is 1. The van der Waals surface area contributed by atoms with Gasteiger partial charge in [0.15, 0.2) is 0 Å². The van der Waals surface area contributed by atoms with Gasteiger partial charge in [0.2, 0.25) is 15.9 Å². The zero-order chi connectivity index (χ0) is 20.7. The van der Waals surface area contributed by atoms with Gasteiger partial charge in [0.1, 0.15) is 0 Å². The van der Waals surface area contributed by atoms with Crippen LogP contribution in [0.25, 0.3) is 0 Å². The summed E-state index contributed by atoms with van der Waals surface area (Å²) in [5.41, 5.74) is 1.26. The summed E-state index contributed by atoms with van der Waals surface area (Å²) in [6.45, 7) is 1.23. The second-order valence-corrected chi connectivity index (χ2v) is 10.5. The number of nitrogens with zero attached hydrogens (tertiary/aromatic N) is 1. The van der Waals surface area contributed by atoms with Crippen molar-refractivity contribution in [2.24, 2.45) is 5.92 Å². The number of amides is 1. The minimum atomic E-state index is -3.61. The second kappa shape index (κ2) is 10.5. The van der Waals surface area contributed by atoms with Crippen LogP contribution in [0.2, 0.25) is 5.02 Å². The van der Waals surface area contributed by atoms with Gasteiger partial charge in [0.05, 0.1) is 10.8 Å². The van der Waals surface area contributed by atoms with E-state index in [2.05, 4.69) is 17.4 Å². The first-order chi connectivity index (χ1) is 14.0. The fourth-order valence-corrected chi connectivity index (χ4v) is 5.75. The SMILES string of the molecule is O=C(NCCSCc1ccccc1)C1CCCN(S(=O)(=O)c2ccc(Cl)cc2)C1. The maximum absolute atomic E-state index is 12.8. The number of carbonyl (C=O) groups excluding carboxylic acids is 1. The number of hydrogen-bond acceptors (Lipinski definition) is 4. The standard InChI is InChI=1S/C21H25ClN2O3S2/c22-19-8-10-20(11-9-19)29(26,27)24-13-4-7-18(15-24)21(25)23-12-14-28-16-17-5-2-1-3-6-17/h1-3,5-6,8-11,18H,4,7,12-16H2,(H,23,25). The van der Waals surface area contributed by atoms with Gasteiger partial charge in [-0.15, -0.1) is 0 Å². The molecule has 5 nitrogen and oxygen atoms in total. The van der Waals surface area contributed by atoms with E-state index in [4.69, 9.17) is 11.6 Å². The van der Waals surface area contributed by atoms with Crippen molar-refractivity contribution in [2.45, 2.75) is 23.5 Å². The third-order valence-electron chi connectivity index (χ3n) is 4.86. The molecule has 8 heteroatoms. The molecule has 29 heavy (non-hydrogen) atoms. The molecule has 1 aliphatic rings. The average Bonchev–Trinajstić information content (AvgIpc) is 2.74. The van der Waals surface area contributed by atoms with Gasteiger partial charge in [-0.05, 0) is 42.7 Å². The van der Waals surface area contributed by atoms with Crippen molar-refractivity contribution in [1.29, 1.82) is 0 Å². The lowest BCUT2D eigenvalue weighted by molar-refractivity contribution is -0.125. The lowest BCUT2D eigenvalue weighted by atomic mass is 9.99. The highest BCUT2D eigenvalue weighted by Crippen LogP contribution is 2.25. The Hall–Kier alpha value is -1.54. The Bertz CT molecular complexity index is 905. The zero-order valence-corrected chi connectivity index (χ0v) is 18.5. The van der Waals surface area contributed by atoms with Crippen LogP contribution in [0.15, 0.2) is 59.5 Å². The summed E-state index contributed by atoms with van der Waals surface area (Å²) in [6, 6.07) is 16.3. The Morgan fingerprint density at radius 2 is 1.86 bits per heavy atom. The van der Waals surface area contributed by atoms with Crippen LogP contribution in [0, 0.1) is 5.92 Å². The van der Waals surface area contributed by atoms with Gasteiger partial charge >= 0.3 is 0 Å². The second-order valence-electron chi connectivity index (χ2n) is 6.99. The molecule has 3 rings (SSSR count). The largest absolute Gasteiger partial charge is 0.355 e. The Balaban J connectivity index is 1.47. The highest BCUT2D eigenvalue weighted by atomic mass is 35.5. The maximum Gasteiger partial charge on any atom is 0.243 e. The number of rotatable bonds is 8. The first-order valence-corrected chi connectivity index (χ1v) is 12.6. The molecule has 0 bridgehead atoms. The van der Waals surface area contributed by atoms with Crippen LogP contribution >= 0.6 is 23.4 Å². The molecule has 1 N–H and O–H groups in total. The average molecular weight is 453 g/mol. The zero-order valence-electron chi connectivity index (χ0n) is 16.1. The van der Waals surface area contributed by atoms with E-state index in [-0.39, 0.29) is 23.3 Å². The van der Waals surface area contributed by atoms with Gasteiger partial charge in [-0.2, -0.15) is 16.1 Å². The summed E-state index contributed by atoms with van der Waals surface area (Å²) in [5.74, 6) is 1.35. The Kier molecular flexibility index (Phi) is 8.00. The van der Waals surface area contributed by atoms with Gasteiger partial charge in [0.25, 0.3) is 0 Å². The quantitative estimate of drug-likeness (QED) is 0.619. The predicted molar refractivity (Wildman–Crippen MR) is 119 cm³/mol. The van der Waals surface area contributed by atoms with Crippen LogP contribution in [-0.4, -0.2) is 44.0 Å². The first kappa shape index (κ1) is 22.2. The van der Waals surface area contributed by atoms with Crippen LogP contribution < -0.4 is 5.32 Å². The van der Waals surface area contributed by atoms with Crippen LogP contribution in [0.4, 0.5) is 0 Å². The highest BCUT2D eigenvalue weighted by Gasteiger charge is 2.33. The van der Waals surface area contributed by atoms with Gasteiger partial charge < -0.3 is 5.32 Å². The first-order valence-electron chi connectivity index (χ1n) is 9.62. The molecule has 0 saturated carbocycles. The molecule has 1 heterocycles. The van der Waals surface area contributed by atoms with Crippen molar-refractivity contribution in [3.63, 3.8) is 0 Å². The van der Waals surface area contributed by atoms with Crippen LogP contribution in [0.5, 0.6) is 0 Å². The smallest absolute Gasteiger partial charge is 0.243 e. The third kappa shape index (κ3) is 6.22. The van der Waals surface area contributed by atoms with Crippen molar-refractivity contribution < 1.29 is 13.2 Å². The van der Waals surface area contributed by atoms with Gasteiger partial charge in [-0.25, -0.2) is 8.42 Å². The molecule has 2 aromatic carbocycles. The molecule has 2 aromatic rings.